The van der Waals surface area contributed by atoms with Gasteiger partial charge in [0.1, 0.15) is 24.4 Å². The molecule has 0 bridgehead atoms. The predicted molar refractivity (Wildman–Crippen MR) is 92.1 cm³/mol. The van der Waals surface area contributed by atoms with Crippen LogP contribution in [0.15, 0.2) is 12.7 Å². The topological polar surface area (TPSA) is 152 Å². The number of rotatable bonds is 7. The molecule has 2 saturated heterocycles. The van der Waals surface area contributed by atoms with Crippen molar-refractivity contribution in [1.29, 1.82) is 0 Å². The highest BCUT2D eigenvalue weighted by Gasteiger charge is 2.51. The number of aliphatic hydroxyl groups excluding tert-OH is 3. The molecule has 158 valence electrons. The molecule has 4 N–H and O–H groups in total. The molecule has 0 saturated carbocycles. The van der Waals surface area contributed by atoms with Gasteiger partial charge < -0.3 is 29.5 Å². The van der Waals surface area contributed by atoms with E-state index in [0.29, 0.717) is 6.42 Å². The van der Waals surface area contributed by atoms with Crippen LogP contribution < -0.4 is 0 Å². The molecule has 2 rings (SSSR count). The number of hydrogen-bond donors (Lipinski definition) is 4. The monoisotopic (exact) mass is 412 g/mol. The highest BCUT2D eigenvalue weighted by atomic mass is 32.3. The van der Waals surface area contributed by atoms with Crippen molar-refractivity contribution in [2.45, 2.75) is 81.6 Å². The fraction of sp³-hybridized carbons (Fsp3) is 0.875. The van der Waals surface area contributed by atoms with Crippen molar-refractivity contribution in [3.8, 4) is 0 Å². The molecule has 2 heterocycles. The van der Waals surface area contributed by atoms with E-state index in [2.05, 4.69) is 10.8 Å². The van der Waals surface area contributed by atoms with Crippen LogP contribution in [0.25, 0.3) is 0 Å². The molecule has 0 spiro atoms. The molecule has 0 aromatic rings. The lowest BCUT2D eigenvalue weighted by Gasteiger charge is -2.44. The maximum Gasteiger partial charge on any atom is 0.397 e. The highest BCUT2D eigenvalue weighted by Crippen LogP contribution is 2.39. The molecule has 10 nitrogen and oxygen atoms in total. The first-order valence-corrected chi connectivity index (χ1v) is 9.96. The summed E-state index contributed by atoms with van der Waals surface area (Å²) >= 11 is 0. The Morgan fingerprint density at radius 1 is 1.33 bits per heavy atom. The summed E-state index contributed by atoms with van der Waals surface area (Å²) in [4.78, 5) is 0. The minimum Gasteiger partial charge on any atom is -0.394 e. The Hall–Kier alpha value is -0.630. The minimum atomic E-state index is -4.94. The van der Waals surface area contributed by atoms with Gasteiger partial charge in [-0.15, -0.1) is 6.58 Å². The van der Waals surface area contributed by atoms with Crippen molar-refractivity contribution in [1.82, 2.24) is 0 Å². The number of ether oxygens (including phenoxy) is 3. The summed E-state index contributed by atoms with van der Waals surface area (Å²) in [5.41, 5.74) is -1.44. The van der Waals surface area contributed by atoms with E-state index in [1.165, 1.54) is 0 Å². The summed E-state index contributed by atoms with van der Waals surface area (Å²) in [5.74, 6) is 0. The van der Waals surface area contributed by atoms with Gasteiger partial charge in [-0.3, -0.25) is 4.55 Å². The molecule has 7 atom stereocenters. The Bertz CT molecular complexity index is 633. The lowest BCUT2D eigenvalue weighted by atomic mass is 9.95. The van der Waals surface area contributed by atoms with Crippen LogP contribution in [-0.4, -0.2) is 82.9 Å². The van der Waals surface area contributed by atoms with Crippen molar-refractivity contribution < 1.29 is 46.7 Å². The van der Waals surface area contributed by atoms with Gasteiger partial charge in [-0.2, -0.15) is 8.42 Å². The third kappa shape index (κ3) is 5.25. The standard InChI is InChI=1S/C16H28O10S/c1-5-16(4)7-6-10(24-16)15(2,3)25-14-12(19)11(18)13(9(8-17)23-14)26-27(20,21)22/h5,9-14,17-19H,1,6-8H2,2-4H3,(H,20,21,22)/t9-,10-,11-,12-,13-,14+,16-/m1/s1. The van der Waals surface area contributed by atoms with Crippen LogP contribution in [0.1, 0.15) is 33.6 Å². The van der Waals surface area contributed by atoms with Crippen molar-refractivity contribution in [2.24, 2.45) is 0 Å². The van der Waals surface area contributed by atoms with Gasteiger partial charge in [0.05, 0.1) is 23.9 Å². The van der Waals surface area contributed by atoms with E-state index in [1.54, 1.807) is 19.9 Å². The summed E-state index contributed by atoms with van der Waals surface area (Å²) in [6.45, 7) is 8.36. The molecule has 2 fully saturated rings. The van der Waals surface area contributed by atoms with Gasteiger partial charge in [-0.1, -0.05) is 6.08 Å². The van der Waals surface area contributed by atoms with Crippen LogP contribution >= 0.6 is 0 Å². The van der Waals surface area contributed by atoms with Gasteiger partial charge >= 0.3 is 10.4 Å². The van der Waals surface area contributed by atoms with E-state index in [9.17, 15) is 23.7 Å². The maximum absolute atomic E-state index is 10.9. The van der Waals surface area contributed by atoms with Crippen LogP contribution in [0.3, 0.4) is 0 Å². The molecule has 0 aliphatic carbocycles. The lowest BCUT2D eigenvalue weighted by molar-refractivity contribution is -0.330. The Morgan fingerprint density at radius 2 is 1.96 bits per heavy atom. The molecule has 2 aliphatic heterocycles. The average Bonchev–Trinajstić information content (AvgIpc) is 2.97. The van der Waals surface area contributed by atoms with E-state index in [4.69, 9.17) is 18.8 Å². The van der Waals surface area contributed by atoms with E-state index in [0.717, 1.165) is 6.42 Å². The number of hydrogen-bond acceptors (Lipinski definition) is 9. The largest absolute Gasteiger partial charge is 0.397 e. The van der Waals surface area contributed by atoms with E-state index >= 15 is 0 Å². The van der Waals surface area contributed by atoms with Crippen LogP contribution in [-0.2, 0) is 28.8 Å². The molecule has 2 aliphatic rings. The molecule has 0 unspecified atom stereocenters. The average molecular weight is 412 g/mol. The smallest absolute Gasteiger partial charge is 0.394 e. The zero-order valence-corrected chi connectivity index (χ0v) is 16.3. The molecule has 11 heteroatoms. The minimum absolute atomic E-state index is 0.354. The van der Waals surface area contributed by atoms with Crippen LogP contribution in [0.5, 0.6) is 0 Å². The molecular weight excluding hydrogens is 384 g/mol. The maximum atomic E-state index is 10.9. The van der Waals surface area contributed by atoms with E-state index in [-0.39, 0.29) is 6.10 Å². The summed E-state index contributed by atoms with van der Waals surface area (Å²) in [5, 5.41) is 29.9. The second-order valence-electron chi connectivity index (χ2n) is 7.58. The van der Waals surface area contributed by atoms with E-state index < -0.39 is 58.9 Å². The molecule has 0 radical (unpaired) electrons. The second-order valence-corrected chi connectivity index (χ2v) is 8.63. The van der Waals surface area contributed by atoms with Crippen LogP contribution in [0.4, 0.5) is 0 Å². The third-order valence-corrected chi connectivity index (χ3v) is 5.46. The van der Waals surface area contributed by atoms with Gasteiger partial charge in [-0.05, 0) is 33.6 Å². The van der Waals surface area contributed by atoms with Crippen molar-refractivity contribution in [3.63, 3.8) is 0 Å². The second kappa shape index (κ2) is 8.01. The molecule has 27 heavy (non-hydrogen) atoms. The van der Waals surface area contributed by atoms with Gasteiger partial charge in [0.25, 0.3) is 0 Å². The Labute approximate surface area is 158 Å². The predicted octanol–water partition coefficient (Wildman–Crippen LogP) is -0.468. The van der Waals surface area contributed by atoms with E-state index in [1.807, 2.05) is 6.92 Å². The Balaban J connectivity index is 2.11. The SMILES string of the molecule is C=C[C@]1(C)CC[C@H](C(C)(C)O[C@@H]2O[C@H](CO)[C@@H](OS(=O)(=O)O)[C@H](O)[C@H]2O)O1. The Morgan fingerprint density at radius 3 is 2.44 bits per heavy atom. The molecule has 0 amide bonds. The van der Waals surface area contributed by atoms with Crippen LogP contribution in [0.2, 0.25) is 0 Å². The summed E-state index contributed by atoms with van der Waals surface area (Å²) in [6, 6.07) is 0. The normalized spacial score (nSPS) is 40.9. The summed E-state index contributed by atoms with van der Waals surface area (Å²) < 4.78 is 52.2. The zero-order valence-electron chi connectivity index (χ0n) is 15.5. The zero-order chi connectivity index (χ0) is 20.6. The van der Waals surface area contributed by atoms with Gasteiger partial charge in [0.15, 0.2) is 6.29 Å². The quantitative estimate of drug-likeness (QED) is 0.319. The number of aliphatic hydroxyl groups is 3. The van der Waals surface area contributed by atoms with Crippen molar-refractivity contribution >= 4 is 10.4 Å². The van der Waals surface area contributed by atoms with Crippen molar-refractivity contribution in [3.05, 3.63) is 12.7 Å². The highest BCUT2D eigenvalue weighted by molar-refractivity contribution is 7.80. The first kappa shape index (κ1) is 22.7. The van der Waals surface area contributed by atoms with Gasteiger partial charge in [0.2, 0.25) is 0 Å². The lowest BCUT2D eigenvalue weighted by Crippen LogP contribution is -2.62. The molecular formula is C16H28O10S. The Kier molecular flexibility index (Phi) is 6.72. The van der Waals surface area contributed by atoms with Gasteiger partial charge in [-0.25, -0.2) is 4.18 Å². The van der Waals surface area contributed by atoms with Crippen LogP contribution in [0, 0.1) is 0 Å². The first-order chi connectivity index (χ1) is 12.3. The summed E-state index contributed by atoms with van der Waals surface area (Å²) in [7, 11) is -4.94. The summed E-state index contributed by atoms with van der Waals surface area (Å²) in [6.07, 6.45) is -5.16. The molecule has 0 aromatic carbocycles. The fourth-order valence-electron chi connectivity index (χ4n) is 3.28. The fourth-order valence-corrected chi connectivity index (χ4v) is 3.80. The first-order valence-electron chi connectivity index (χ1n) is 8.59. The van der Waals surface area contributed by atoms with Crippen molar-refractivity contribution in [2.75, 3.05) is 6.61 Å². The third-order valence-electron chi connectivity index (χ3n) is 4.99. The van der Waals surface area contributed by atoms with Gasteiger partial charge in [0, 0.05) is 0 Å². The molecule has 0 aromatic heterocycles.